The zero-order chi connectivity index (χ0) is 30.2. The maximum atomic E-state index is 13.1. The Balaban J connectivity index is 1.26. The van der Waals surface area contributed by atoms with Crippen molar-refractivity contribution >= 4 is 62.2 Å². The van der Waals surface area contributed by atoms with Crippen LogP contribution in [0, 0.1) is 6.92 Å². The van der Waals surface area contributed by atoms with E-state index in [1.54, 1.807) is 11.0 Å². The first kappa shape index (κ1) is 29.1. The molecule has 42 heavy (non-hydrogen) atoms. The van der Waals surface area contributed by atoms with Crippen LogP contribution in [0.3, 0.4) is 0 Å². The number of ether oxygens (including phenoxy) is 1. The highest BCUT2D eigenvalue weighted by molar-refractivity contribution is 9.10. The molecule has 1 atom stereocenters. The van der Waals surface area contributed by atoms with Crippen molar-refractivity contribution < 1.29 is 19.1 Å². The summed E-state index contributed by atoms with van der Waals surface area (Å²) in [5.41, 5.74) is 3.28. The Morgan fingerprint density at radius 1 is 1.07 bits per heavy atom. The lowest BCUT2D eigenvalue weighted by atomic mass is 10.1. The molecule has 13 heteroatoms. The number of carbonyl (C=O) groups excluding carboxylic acids is 3. The molecular weight excluding hydrogens is 604 g/mol. The Hall–Kier alpha value is -4.39. The number of halogens is 1. The van der Waals surface area contributed by atoms with Crippen LogP contribution in [0.15, 0.2) is 47.2 Å². The van der Waals surface area contributed by atoms with Crippen LogP contribution in [0.4, 0.5) is 22.1 Å². The van der Waals surface area contributed by atoms with Gasteiger partial charge in [0.15, 0.2) is 5.69 Å². The van der Waals surface area contributed by atoms with E-state index in [1.807, 2.05) is 58.0 Å². The fourth-order valence-corrected chi connectivity index (χ4v) is 5.15. The lowest BCUT2D eigenvalue weighted by molar-refractivity contribution is 0.0218. The minimum atomic E-state index is -0.560. The van der Waals surface area contributed by atoms with E-state index in [4.69, 9.17) is 4.74 Å². The zero-order valence-electron chi connectivity index (χ0n) is 24.0. The van der Waals surface area contributed by atoms with Gasteiger partial charge in [0, 0.05) is 41.5 Å². The first-order valence-electron chi connectivity index (χ1n) is 13.5. The molecule has 2 aromatic carbocycles. The normalized spacial score (nSPS) is 15.5. The highest BCUT2D eigenvalue weighted by atomic mass is 79.9. The molecule has 1 aliphatic heterocycles. The van der Waals surface area contributed by atoms with Gasteiger partial charge in [-0.15, -0.1) is 0 Å². The number of hydrogen-bond acceptors (Lipinski definition) is 7. The second-order valence-electron chi connectivity index (χ2n) is 11.2. The van der Waals surface area contributed by atoms with E-state index in [9.17, 15) is 14.4 Å². The van der Waals surface area contributed by atoms with Gasteiger partial charge in [-0.1, -0.05) is 22.0 Å². The number of carbonyl (C=O) groups is 3. The molecule has 4 aromatic rings. The second-order valence-corrected chi connectivity index (χ2v) is 12.2. The number of aromatic amines is 2. The molecule has 1 saturated heterocycles. The lowest BCUT2D eigenvalue weighted by Crippen LogP contribution is -2.54. The Labute approximate surface area is 251 Å². The molecule has 3 heterocycles. The van der Waals surface area contributed by atoms with Gasteiger partial charge in [-0.25, -0.2) is 14.8 Å². The van der Waals surface area contributed by atoms with Crippen LogP contribution in [0.1, 0.15) is 54.2 Å². The Morgan fingerprint density at radius 3 is 2.60 bits per heavy atom. The van der Waals surface area contributed by atoms with Gasteiger partial charge in [-0.3, -0.25) is 14.9 Å². The van der Waals surface area contributed by atoms with E-state index in [-0.39, 0.29) is 29.5 Å². The van der Waals surface area contributed by atoms with Crippen molar-refractivity contribution in [2.45, 2.75) is 46.3 Å². The largest absolute Gasteiger partial charge is 0.444 e. The summed E-state index contributed by atoms with van der Waals surface area (Å²) in [6, 6.07) is 11.4. The molecule has 4 N–H and O–H groups in total. The Bertz CT molecular complexity index is 1660. The second kappa shape index (κ2) is 11.5. The van der Waals surface area contributed by atoms with E-state index < -0.39 is 17.4 Å². The van der Waals surface area contributed by atoms with Crippen molar-refractivity contribution in [3.8, 4) is 0 Å². The summed E-state index contributed by atoms with van der Waals surface area (Å²) < 4.78 is 6.35. The minimum Gasteiger partial charge on any atom is -0.444 e. The minimum absolute atomic E-state index is 0.0120. The third kappa shape index (κ3) is 6.40. The standard InChI is InChI=1S/C29H33BrN8O4/c1-16-6-7-18(30)12-21(16)33-25(39)23-24(32-15-31-23)26(40)36-27-34-20-9-8-19(13-22(20)35-27)38-11-10-37(14-17(38)2)28(41)42-29(3,4)5/h6-9,12-13,15,17H,10-11,14H2,1-5H3,(H,31,32)(H,33,39)(H2,34,35,36,40). The topological polar surface area (TPSA) is 148 Å². The highest BCUT2D eigenvalue weighted by Crippen LogP contribution is 2.27. The van der Waals surface area contributed by atoms with Gasteiger partial charge in [-0.05, 0) is 70.5 Å². The summed E-state index contributed by atoms with van der Waals surface area (Å²) >= 11 is 3.40. The van der Waals surface area contributed by atoms with Gasteiger partial charge in [0.2, 0.25) is 5.95 Å². The van der Waals surface area contributed by atoms with Crippen molar-refractivity contribution in [2.24, 2.45) is 0 Å². The predicted octanol–water partition coefficient (Wildman–Crippen LogP) is 5.31. The van der Waals surface area contributed by atoms with Gasteiger partial charge in [0.25, 0.3) is 11.8 Å². The van der Waals surface area contributed by atoms with E-state index in [2.05, 4.69) is 58.3 Å². The van der Waals surface area contributed by atoms with Crippen molar-refractivity contribution in [1.82, 2.24) is 24.8 Å². The number of aryl methyl sites for hydroxylation is 1. The number of amides is 3. The number of anilines is 3. The molecule has 5 rings (SSSR count). The number of aromatic nitrogens is 4. The van der Waals surface area contributed by atoms with Crippen LogP contribution >= 0.6 is 15.9 Å². The SMILES string of the molecule is Cc1ccc(Br)cc1NC(=O)c1nc[nH]c1C(=O)Nc1nc2ccc(N3CCN(C(=O)OC(C)(C)C)CC3C)cc2[nH]1. The summed E-state index contributed by atoms with van der Waals surface area (Å²) in [6.45, 7) is 11.2. The summed E-state index contributed by atoms with van der Waals surface area (Å²) in [4.78, 5) is 57.0. The third-order valence-corrected chi connectivity index (χ3v) is 7.33. The number of fused-ring (bicyclic) bond motifs is 1. The van der Waals surface area contributed by atoms with Crippen LogP contribution < -0.4 is 15.5 Å². The number of nitrogens with one attached hydrogen (secondary N) is 4. The smallest absolute Gasteiger partial charge is 0.410 e. The molecule has 0 aliphatic carbocycles. The predicted molar refractivity (Wildman–Crippen MR) is 164 cm³/mol. The third-order valence-electron chi connectivity index (χ3n) is 6.84. The van der Waals surface area contributed by atoms with E-state index >= 15 is 0 Å². The maximum Gasteiger partial charge on any atom is 0.410 e. The van der Waals surface area contributed by atoms with Crippen molar-refractivity contribution in [1.29, 1.82) is 0 Å². The lowest BCUT2D eigenvalue weighted by Gasteiger charge is -2.41. The van der Waals surface area contributed by atoms with Crippen molar-refractivity contribution in [2.75, 3.05) is 35.2 Å². The first-order chi connectivity index (χ1) is 19.9. The quantitative estimate of drug-likeness (QED) is 0.232. The Morgan fingerprint density at radius 2 is 1.86 bits per heavy atom. The van der Waals surface area contributed by atoms with Crippen molar-refractivity contribution in [3.63, 3.8) is 0 Å². The van der Waals surface area contributed by atoms with Crippen LogP contribution in [-0.4, -0.2) is 74.0 Å². The number of piperazine rings is 1. The first-order valence-corrected chi connectivity index (χ1v) is 14.3. The molecule has 0 saturated carbocycles. The maximum absolute atomic E-state index is 13.1. The van der Waals surface area contributed by atoms with Crippen LogP contribution in [0.2, 0.25) is 0 Å². The molecule has 1 unspecified atom stereocenters. The van der Waals surface area contributed by atoms with Gasteiger partial charge < -0.3 is 29.8 Å². The molecular formula is C29H33BrN8O4. The molecule has 12 nitrogen and oxygen atoms in total. The fraction of sp³-hybridized carbons (Fsp3) is 0.345. The molecule has 0 bridgehead atoms. The van der Waals surface area contributed by atoms with E-state index in [0.717, 1.165) is 21.2 Å². The van der Waals surface area contributed by atoms with E-state index in [1.165, 1.54) is 6.33 Å². The van der Waals surface area contributed by atoms with E-state index in [0.29, 0.717) is 30.8 Å². The van der Waals surface area contributed by atoms with Gasteiger partial charge >= 0.3 is 6.09 Å². The number of rotatable bonds is 5. The number of benzene rings is 2. The molecule has 0 radical (unpaired) electrons. The van der Waals surface area contributed by atoms with Crippen LogP contribution in [0.25, 0.3) is 11.0 Å². The molecule has 220 valence electrons. The summed E-state index contributed by atoms with van der Waals surface area (Å²) in [7, 11) is 0. The zero-order valence-corrected chi connectivity index (χ0v) is 25.6. The fourth-order valence-electron chi connectivity index (χ4n) is 4.79. The number of H-pyrrole nitrogens is 2. The molecule has 0 spiro atoms. The summed E-state index contributed by atoms with van der Waals surface area (Å²) in [6.07, 6.45) is 0.992. The monoisotopic (exact) mass is 636 g/mol. The molecule has 2 aromatic heterocycles. The average molecular weight is 638 g/mol. The number of hydrogen-bond donors (Lipinski definition) is 4. The number of nitrogens with zero attached hydrogens (tertiary/aromatic N) is 4. The van der Waals surface area contributed by atoms with Gasteiger partial charge in [0.1, 0.15) is 11.3 Å². The van der Waals surface area contributed by atoms with Crippen LogP contribution in [0.5, 0.6) is 0 Å². The molecule has 3 amide bonds. The van der Waals surface area contributed by atoms with Crippen LogP contribution in [-0.2, 0) is 4.74 Å². The molecule has 1 aliphatic rings. The highest BCUT2D eigenvalue weighted by Gasteiger charge is 2.30. The molecule has 1 fully saturated rings. The number of imidazole rings is 2. The summed E-state index contributed by atoms with van der Waals surface area (Å²) in [5.74, 6) is -0.841. The van der Waals surface area contributed by atoms with Gasteiger partial charge in [0.05, 0.1) is 17.4 Å². The van der Waals surface area contributed by atoms with Crippen molar-refractivity contribution in [3.05, 3.63) is 64.1 Å². The average Bonchev–Trinajstić information content (AvgIpc) is 3.56. The van der Waals surface area contributed by atoms with Gasteiger partial charge in [-0.2, -0.15) is 0 Å². The Kier molecular flexibility index (Phi) is 7.95. The summed E-state index contributed by atoms with van der Waals surface area (Å²) in [5, 5.41) is 5.53.